The first kappa shape index (κ1) is 12.4. The minimum atomic E-state index is 0.470. The SMILES string of the molecule is Ic1ccc(CNCCC2CCCCO2)o1. The highest BCUT2D eigenvalue weighted by molar-refractivity contribution is 14.1. The zero-order chi connectivity index (χ0) is 11.2. The first-order valence-corrected chi connectivity index (χ1v) is 6.99. The van der Waals surface area contributed by atoms with E-state index in [-0.39, 0.29) is 0 Å². The van der Waals surface area contributed by atoms with Crippen molar-refractivity contribution in [2.24, 2.45) is 0 Å². The monoisotopic (exact) mass is 335 g/mol. The van der Waals surface area contributed by atoms with Gasteiger partial charge in [0.15, 0.2) is 3.77 Å². The molecule has 1 atom stereocenters. The lowest BCUT2D eigenvalue weighted by molar-refractivity contribution is 0.0115. The zero-order valence-electron chi connectivity index (χ0n) is 9.38. The Morgan fingerprint density at radius 3 is 3.00 bits per heavy atom. The highest BCUT2D eigenvalue weighted by atomic mass is 127. The molecule has 0 bridgehead atoms. The van der Waals surface area contributed by atoms with E-state index >= 15 is 0 Å². The van der Waals surface area contributed by atoms with Crippen LogP contribution in [0.15, 0.2) is 16.5 Å². The molecule has 0 saturated carbocycles. The first-order valence-electron chi connectivity index (χ1n) is 5.91. The molecule has 3 nitrogen and oxygen atoms in total. The van der Waals surface area contributed by atoms with E-state index in [1.807, 2.05) is 12.1 Å². The van der Waals surface area contributed by atoms with Crippen LogP contribution >= 0.6 is 22.6 Å². The van der Waals surface area contributed by atoms with E-state index in [1.54, 1.807) is 0 Å². The number of halogens is 1. The Bertz CT molecular complexity index is 308. The summed E-state index contributed by atoms with van der Waals surface area (Å²) < 4.78 is 12.1. The normalized spacial score (nSPS) is 21.2. The largest absolute Gasteiger partial charge is 0.454 e. The van der Waals surface area contributed by atoms with Crippen molar-refractivity contribution >= 4 is 22.6 Å². The number of nitrogens with one attached hydrogen (secondary N) is 1. The van der Waals surface area contributed by atoms with Crippen molar-refractivity contribution in [3.63, 3.8) is 0 Å². The molecule has 4 heteroatoms. The van der Waals surface area contributed by atoms with Crippen LogP contribution in [0.5, 0.6) is 0 Å². The number of ether oxygens (including phenoxy) is 1. The maximum atomic E-state index is 5.67. The number of hydrogen-bond donors (Lipinski definition) is 1. The lowest BCUT2D eigenvalue weighted by Gasteiger charge is -2.22. The van der Waals surface area contributed by atoms with E-state index in [2.05, 4.69) is 27.9 Å². The summed E-state index contributed by atoms with van der Waals surface area (Å²) >= 11 is 2.18. The Morgan fingerprint density at radius 1 is 1.38 bits per heavy atom. The average Bonchev–Trinajstić information content (AvgIpc) is 2.72. The van der Waals surface area contributed by atoms with Gasteiger partial charge >= 0.3 is 0 Å². The van der Waals surface area contributed by atoms with Crippen molar-refractivity contribution < 1.29 is 9.15 Å². The molecule has 1 unspecified atom stereocenters. The molecule has 1 fully saturated rings. The molecule has 16 heavy (non-hydrogen) atoms. The van der Waals surface area contributed by atoms with Crippen LogP contribution in [-0.4, -0.2) is 19.3 Å². The second kappa shape index (κ2) is 6.61. The summed E-state index contributed by atoms with van der Waals surface area (Å²) in [6.07, 6.45) is 5.35. The molecule has 1 aliphatic rings. The number of rotatable bonds is 5. The summed E-state index contributed by atoms with van der Waals surface area (Å²) in [5.74, 6) is 1.01. The average molecular weight is 335 g/mol. The van der Waals surface area contributed by atoms with E-state index in [9.17, 15) is 0 Å². The molecule has 1 N–H and O–H groups in total. The van der Waals surface area contributed by atoms with Crippen LogP contribution in [0.1, 0.15) is 31.4 Å². The van der Waals surface area contributed by atoms with Crippen LogP contribution in [0, 0.1) is 3.77 Å². The highest BCUT2D eigenvalue weighted by Gasteiger charge is 2.12. The van der Waals surface area contributed by atoms with Crippen LogP contribution in [0.25, 0.3) is 0 Å². The third kappa shape index (κ3) is 4.07. The molecule has 0 aromatic carbocycles. The molecule has 1 aliphatic heterocycles. The molecule has 2 heterocycles. The Morgan fingerprint density at radius 2 is 2.31 bits per heavy atom. The molecule has 0 spiro atoms. The molecule has 1 aromatic rings. The van der Waals surface area contributed by atoms with E-state index in [0.717, 1.165) is 35.6 Å². The van der Waals surface area contributed by atoms with Crippen molar-refractivity contribution in [1.82, 2.24) is 5.32 Å². The van der Waals surface area contributed by atoms with Gasteiger partial charge in [0.2, 0.25) is 0 Å². The minimum Gasteiger partial charge on any atom is -0.454 e. The minimum absolute atomic E-state index is 0.470. The molecular formula is C12H18INO2. The Labute approximate surface area is 110 Å². The van der Waals surface area contributed by atoms with Gasteiger partial charge in [-0.1, -0.05) is 0 Å². The fraction of sp³-hybridized carbons (Fsp3) is 0.667. The van der Waals surface area contributed by atoms with Gasteiger partial charge in [-0.25, -0.2) is 0 Å². The fourth-order valence-electron chi connectivity index (χ4n) is 1.96. The van der Waals surface area contributed by atoms with Gasteiger partial charge < -0.3 is 14.5 Å². The maximum Gasteiger partial charge on any atom is 0.164 e. The smallest absolute Gasteiger partial charge is 0.164 e. The first-order chi connectivity index (χ1) is 7.84. The van der Waals surface area contributed by atoms with Gasteiger partial charge in [-0.3, -0.25) is 0 Å². The number of hydrogen-bond acceptors (Lipinski definition) is 3. The molecule has 90 valence electrons. The topological polar surface area (TPSA) is 34.4 Å². The molecule has 1 aromatic heterocycles. The van der Waals surface area contributed by atoms with Gasteiger partial charge in [-0.15, -0.1) is 0 Å². The molecule has 1 saturated heterocycles. The quantitative estimate of drug-likeness (QED) is 0.664. The standard InChI is InChI=1S/C12H18INO2/c13-12-5-4-11(16-12)9-14-7-6-10-3-1-2-8-15-10/h4-5,10,14H,1-3,6-9H2. The van der Waals surface area contributed by atoms with Crippen molar-refractivity contribution in [3.05, 3.63) is 21.7 Å². The lowest BCUT2D eigenvalue weighted by atomic mass is 10.1. The molecule has 0 radical (unpaired) electrons. The molecular weight excluding hydrogens is 317 g/mol. The van der Waals surface area contributed by atoms with E-state index < -0.39 is 0 Å². The Kier molecular flexibility index (Phi) is 5.12. The lowest BCUT2D eigenvalue weighted by Crippen LogP contribution is -2.25. The van der Waals surface area contributed by atoms with Gasteiger partial charge in [0.1, 0.15) is 5.76 Å². The van der Waals surface area contributed by atoms with Crippen LogP contribution < -0.4 is 5.32 Å². The molecule has 2 rings (SSSR count). The van der Waals surface area contributed by atoms with Gasteiger partial charge in [0, 0.05) is 6.61 Å². The Balaban J connectivity index is 1.57. The number of furan rings is 1. The van der Waals surface area contributed by atoms with E-state index in [4.69, 9.17) is 9.15 Å². The summed E-state index contributed by atoms with van der Waals surface area (Å²) in [7, 11) is 0. The molecule has 0 amide bonds. The van der Waals surface area contributed by atoms with Crippen LogP contribution in [-0.2, 0) is 11.3 Å². The summed E-state index contributed by atoms with van der Waals surface area (Å²) in [5, 5.41) is 3.39. The van der Waals surface area contributed by atoms with Crippen molar-refractivity contribution in [1.29, 1.82) is 0 Å². The van der Waals surface area contributed by atoms with E-state index in [1.165, 1.54) is 19.3 Å². The van der Waals surface area contributed by atoms with E-state index in [0.29, 0.717) is 6.10 Å². The second-order valence-corrected chi connectivity index (χ2v) is 5.22. The van der Waals surface area contributed by atoms with Crippen molar-refractivity contribution in [2.45, 2.75) is 38.3 Å². The van der Waals surface area contributed by atoms with Crippen LogP contribution in [0.3, 0.4) is 0 Å². The Hall–Kier alpha value is -0.0700. The zero-order valence-corrected chi connectivity index (χ0v) is 11.5. The van der Waals surface area contributed by atoms with Gasteiger partial charge in [-0.05, 0) is 67.0 Å². The van der Waals surface area contributed by atoms with Gasteiger partial charge in [-0.2, -0.15) is 0 Å². The van der Waals surface area contributed by atoms with Crippen LogP contribution in [0.4, 0.5) is 0 Å². The second-order valence-electron chi connectivity index (χ2n) is 4.16. The fourth-order valence-corrected chi connectivity index (χ4v) is 2.42. The summed E-state index contributed by atoms with van der Waals surface area (Å²) in [6.45, 7) is 2.76. The van der Waals surface area contributed by atoms with Crippen molar-refractivity contribution in [3.8, 4) is 0 Å². The van der Waals surface area contributed by atoms with Crippen LogP contribution in [0.2, 0.25) is 0 Å². The predicted octanol–water partition coefficient (Wildman–Crippen LogP) is 2.93. The maximum absolute atomic E-state index is 5.67. The summed E-state index contributed by atoms with van der Waals surface area (Å²) in [6, 6.07) is 4.01. The third-order valence-corrected chi connectivity index (χ3v) is 3.42. The predicted molar refractivity (Wildman–Crippen MR) is 71.3 cm³/mol. The van der Waals surface area contributed by atoms with Crippen molar-refractivity contribution in [2.75, 3.05) is 13.2 Å². The highest BCUT2D eigenvalue weighted by Crippen LogP contribution is 2.15. The molecule has 0 aliphatic carbocycles. The summed E-state index contributed by atoms with van der Waals surface area (Å²) in [5.41, 5.74) is 0. The van der Waals surface area contributed by atoms with Gasteiger partial charge in [0.25, 0.3) is 0 Å². The summed E-state index contributed by atoms with van der Waals surface area (Å²) in [4.78, 5) is 0. The van der Waals surface area contributed by atoms with Gasteiger partial charge in [0.05, 0.1) is 12.6 Å². The third-order valence-electron chi connectivity index (χ3n) is 2.85.